The van der Waals surface area contributed by atoms with Crippen molar-refractivity contribution in [2.45, 2.75) is 277 Å². The Balaban J connectivity index is 0.983. The Labute approximate surface area is 477 Å². The number of carbonyl (C=O) groups excluding carboxylic acids is 2. The number of rotatable bonds is 25. The molecule has 0 saturated carbocycles. The lowest BCUT2D eigenvalue weighted by Gasteiger charge is -2.47. The minimum Gasteiger partial charge on any atom is -0.414 e. The molecule has 1 aromatic rings. The van der Waals surface area contributed by atoms with E-state index in [-0.39, 0.29) is 94.6 Å². The van der Waals surface area contributed by atoms with Crippen LogP contribution >= 0.6 is 15.9 Å². The second kappa shape index (κ2) is 24.6. The van der Waals surface area contributed by atoms with Gasteiger partial charge in [0.1, 0.15) is 42.6 Å². The molecule has 6 bridgehead atoms. The van der Waals surface area contributed by atoms with Crippen molar-refractivity contribution in [1.29, 1.82) is 0 Å². The number of methoxy groups -OCH3 is 1. The van der Waals surface area contributed by atoms with Crippen molar-refractivity contribution in [3.63, 3.8) is 0 Å². The van der Waals surface area contributed by atoms with E-state index >= 15 is 0 Å². The van der Waals surface area contributed by atoms with Crippen molar-refractivity contribution in [1.82, 2.24) is 0 Å². The molecule has 8 saturated heterocycles. The van der Waals surface area contributed by atoms with Crippen LogP contribution in [-0.2, 0) is 70.6 Å². The number of halogens is 1. The predicted molar refractivity (Wildman–Crippen MR) is 306 cm³/mol. The summed E-state index contributed by atoms with van der Waals surface area (Å²) in [6.07, 6.45) is 1.12. The molecule has 0 N–H and O–H groups in total. The smallest absolute Gasteiger partial charge is 0.297 e. The molecule has 440 valence electrons. The highest BCUT2D eigenvalue weighted by molar-refractivity contribution is 9.11. The summed E-state index contributed by atoms with van der Waals surface area (Å²) in [5, 5.41) is -0.0304. The zero-order chi connectivity index (χ0) is 56.9. The normalized spacial score (nSPS) is 35.8. The molecule has 15 nitrogen and oxygen atoms in total. The quantitative estimate of drug-likeness (QED) is 0.0392. The molecule has 9 rings (SSSR count). The van der Waals surface area contributed by atoms with E-state index in [2.05, 4.69) is 104 Å². The van der Waals surface area contributed by atoms with Crippen molar-refractivity contribution >= 4 is 54.8 Å². The van der Waals surface area contributed by atoms with Crippen LogP contribution in [-0.4, -0.2) is 148 Å². The average Bonchev–Trinajstić information content (AvgIpc) is 3.98. The molecular weight excluding hydrogens is 1120 g/mol. The van der Waals surface area contributed by atoms with Crippen LogP contribution in [0.4, 0.5) is 0 Å². The third-order valence-corrected chi connectivity index (χ3v) is 29.7. The third kappa shape index (κ3) is 14.2. The summed E-state index contributed by atoms with van der Waals surface area (Å²) in [7, 11) is -6.81. The van der Waals surface area contributed by atoms with Crippen molar-refractivity contribution < 1.29 is 68.9 Å². The summed E-state index contributed by atoms with van der Waals surface area (Å²) in [5.41, 5.74) is 1.94. The van der Waals surface area contributed by atoms with Gasteiger partial charge in [-0.1, -0.05) is 95.3 Å². The van der Waals surface area contributed by atoms with Gasteiger partial charge in [-0.2, -0.15) is 8.42 Å². The minimum absolute atomic E-state index is 0.00984. The lowest BCUT2D eigenvalue weighted by molar-refractivity contribution is -0.292. The number of aldehydes is 1. The molecule has 0 aliphatic carbocycles. The van der Waals surface area contributed by atoms with Crippen molar-refractivity contribution in [3.05, 3.63) is 53.0 Å². The molecule has 8 aliphatic rings. The van der Waals surface area contributed by atoms with Gasteiger partial charge >= 0.3 is 0 Å². The maximum Gasteiger partial charge on any atom is 0.297 e. The number of hydrogen-bond donors (Lipinski definition) is 0. The Kier molecular flexibility index (Phi) is 19.7. The summed E-state index contributed by atoms with van der Waals surface area (Å²) in [6, 6.07) is 6.60. The van der Waals surface area contributed by atoms with Gasteiger partial charge in [0.25, 0.3) is 10.1 Å². The van der Waals surface area contributed by atoms with Crippen LogP contribution in [0.2, 0.25) is 36.3 Å². The Bertz CT molecular complexity index is 2390. The van der Waals surface area contributed by atoms with Gasteiger partial charge in [0.05, 0.1) is 72.5 Å². The van der Waals surface area contributed by atoms with Gasteiger partial charge in [0.15, 0.2) is 22.4 Å². The van der Waals surface area contributed by atoms with Crippen LogP contribution < -0.4 is 0 Å². The van der Waals surface area contributed by atoms with Gasteiger partial charge < -0.3 is 51.5 Å². The summed E-state index contributed by atoms with van der Waals surface area (Å²) in [4.78, 5) is 26.3. The van der Waals surface area contributed by atoms with Crippen LogP contribution in [0.3, 0.4) is 0 Å². The van der Waals surface area contributed by atoms with Gasteiger partial charge in [0.2, 0.25) is 0 Å². The zero-order valence-corrected chi connectivity index (χ0v) is 53.3. The molecule has 1 aromatic carbocycles. The van der Waals surface area contributed by atoms with E-state index in [0.717, 1.165) is 23.8 Å². The Morgan fingerprint density at radius 1 is 0.859 bits per heavy atom. The van der Waals surface area contributed by atoms with E-state index in [1.807, 2.05) is 6.92 Å². The summed E-state index contributed by atoms with van der Waals surface area (Å²) in [5.74, 6) is -1.16. The Hall–Kier alpha value is -1.54. The number of Topliss-reactive ketones (excluding diaryl/α,β-unsaturated/α-hetero) is 1. The van der Waals surface area contributed by atoms with Crippen LogP contribution in [0.5, 0.6) is 0 Å². The molecule has 0 spiro atoms. The molecule has 18 atom stereocenters. The van der Waals surface area contributed by atoms with Gasteiger partial charge in [-0.3, -0.25) is 8.98 Å². The van der Waals surface area contributed by atoms with Crippen LogP contribution in [0, 0.1) is 18.8 Å². The molecule has 0 radical (unpaired) electrons. The van der Waals surface area contributed by atoms with E-state index in [9.17, 15) is 18.0 Å². The van der Waals surface area contributed by atoms with Gasteiger partial charge in [-0.25, -0.2) is 0 Å². The topological polar surface area (TPSA) is 170 Å². The highest BCUT2D eigenvalue weighted by Crippen LogP contribution is 2.54. The molecule has 8 heterocycles. The standard InChI is InChI=1S/C59H93BrO15SSi2/c1-35-18-21-44(22-19-35)76(63,64)74-42(28-37(3)60)24-25-59-33-50-53(72-59)54-55(71-50)56(73-59)52-46(70-54)23-20-41(68-52)29-39(62)30-45-48(32-47-38(4)36(2)27-40(67-47)17-16-26-61)69-49(51(45)65-11)31-43(75-78(14,15)58(8,9)10)34-66-77(12,13)57(5,6)7/h18-19,21-22,26,36,40-43,45-56H,3-4,16-17,20,23-25,27-34H2,1-2,5-15H3/t36-,40+,41-,42-,43+,45+,46+,47-,48+,49-,50-,51-,52+,53+,54+,55-,56-,59+/m1/s1. The number of fused-ring (bicyclic) bond motifs is 1. The average molecular weight is 1210 g/mol. The second-order valence-electron chi connectivity index (χ2n) is 26.9. The molecular formula is C59H93BrO15SSi2. The molecule has 0 amide bonds. The first-order valence-electron chi connectivity index (χ1n) is 28.9. The summed E-state index contributed by atoms with van der Waals surface area (Å²) in [6.45, 7) is 35.6. The minimum atomic E-state index is -4.08. The van der Waals surface area contributed by atoms with Gasteiger partial charge in [-0.05, 0) is 103 Å². The summed E-state index contributed by atoms with van der Waals surface area (Å²) < 4.78 is 102. The van der Waals surface area contributed by atoms with E-state index in [4.69, 9.17) is 50.9 Å². The number of hydrogen-bond acceptors (Lipinski definition) is 15. The van der Waals surface area contributed by atoms with Crippen LogP contribution in [0.15, 0.2) is 52.4 Å². The maximum atomic E-state index is 14.8. The number of aryl methyl sites for hydroxylation is 1. The highest BCUT2D eigenvalue weighted by Gasteiger charge is 2.69. The number of carbonyl (C=O) groups is 2. The van der Waals surface area contributed by atoms with E-state index < -0.39 is 81.4 Å². The molecule has 8 fully saturated rings. The largest absolute Gasteiger partial charge is 0.414 e. The molecule has 0 unspecified atom stereocenters. The van der Waals surface area contributed by atoms with Crippen LogP contribution in [0.1, 0.15) is 138 Å². The number of benzene rings is 1. The SMILES string of the molecule is C=C(Br)C[C@@H](CC[C@@]12C[C@H]3O[C@@H]4[C@@H](O[C@H]5CC[C@H](CC(=O)C[C@@H]6[C@@H](OC)[C@@H](C[C@@H](CO[Si](C)(C)C(C)(C)C)O[Si](C)(C)C(C)(C)C)O[C@H]6C[C@H]6O[C@@H](CCC=O)C[C@@H](C)C6=C)O[C@@H]5[C@H]4O1)[C@H]3O2)OS(=O)(=O)c1ccc(C)cc1. The Morgan fingerprint density at radius 3 is 2.18 bits per heavy atom. The zero-order valence-electron chi connectivity index (χ0n) is 48.9. The molecule has 8 aliphatic heterocycles. The highest BCUT2D eigenvalue weighted by atomic mass is 79.9. The van der Waals surface area contributed by atoms with Crippen LogP contribution in [0.25, 0.3) is 0 Å². The van der Waals surface area contributed by atoms with E-state index in [1.165, 1.54) is 0 Å². The van der Waals surface area contributed by atoms with E-state index in [1.54, 1.807) is 31.4 Å². The molecule has 19 heteroatoms. The second-order valence-corrected chi connectivity index (χ2v) is 39.1. The third-order valence-electron chi connectivity index (χ3n) is 19.0. The van der Waals surface area contributed by atoms with Crippen molar-refractivity contribution in [2.75, 3.05) is 13.7 Å². The molecule has 78 heavy (non-hydrogen) atoms. The monoisotopic (exact) mass is 1210 g/mol. The number of ketones is 1. The summed E-state index contributed by atoms with van der Waals surface area (Å²) >= 11 is 3.44. The van der Waals surface area contributed by atoms with Gasteiger partial charge in [-0.15, -0.1) is 0 Å². The molecule has 0 aromatic heterocycles. The Morgan fingerprint density at radius 2 is 1.53 bits per heavy atom. The fourth-order valence-electron chi connectivity index (χ4n) is 12.5. The van der Waals surface area contributed by atoms with Gasteiger partial charge in [0, 0.05) is 64.4 Å². The maximum absolute atomic E-state index is 14.8. The predicted octanol–water partition coefficient (Wildman–Crippen LogP) is 11.4. The lowest BCUT2D eigenvalue weighted by Crippen LogP contribution is -2.61. The lowest BCUT2D eigenvalue weighted by atomic mass is 9.81. The van der Waals surface area contributed by atoms with E-state index in [0.29, 0.717) is 68.9 Å². The first-order chi connectivity index (χ1) is 36.4. The van der Waals surface area contributed by atoms with Crippen molar-refractivity contribution in [3.8, 4) is 0 Å². The first kappa shape index (κ1) is 62.5. The first-order valence-corrected chi connectivity index (χ1v) is 36.9. The fraction of sp³-hybridized carbons (Fsp3) is 0.797. The fourth-order valence-corrected chi connectivity index (χ4v) is 16.3. The number of ether oxygens (including phenoxy) is 8. The van der Waals surface area contributed by atoms with Crippen molar-refractivity contribution in [2.24, 2.45) is 11.8 Å².